The fraction of sp³-hybridized carbons (Fsp3) is 0.867. The molecule has 0 saturated heterocycles. The Bertz CT molecular complexity index is 405. The largest absolute Gasteiger partial charge is 0.393 e. The molecule has 108 valence electrons. The third kappa shape index (κ3) is 1.81. The van der Waals surface area contributed by atoms with Crippen LogP contribution in [0.15, 0.2) is 11.1 Å². The highest BCUT2D eigenvalue weighted by Crippen LogP contribution is 2.57. The molecule has 3 N–H and O–H groups in total. The summed E-state index contributed by atoms with van der Waals surface area (Å²) < 4.78 is 5.93. The van der Waals surface area contributed by atoms with Gasteiger partial charge in [-0.15, -0.1) is 0 Å². The molecule has 0 aromatic heterocycles. The van der Waals surface area contributed by atoms with Crippen molar-refractivity contribution in [2.24, 2.45) is 17.3 Å². The van der Waals surface area contributed by atoms with E-state index in [1.165, 1.54) is 0 Å². The van der Waals surface area contributed by atoms with Crippen LogP contribution in [0.4, 0.5) is 0 Å². The summed E-state index contributed by atoms with van der Waals surface area (Å²) in [5, 5.41) is 29.8. The number of fused-ring (bicyclic) bond motifs is 3. The summed E-state index contributed by atoms with van der Waals surface area (Å²) in [5.41, 5.74) is 1.74. The highest BCUT2D eigenvalue weighted by Gasteiger charge is 2.57. The molecule has 3 rings (SSSR count). The van der Waals surface area contributed by atoms with Gasteiger partial charge in [0, 0.05) is 5.41 Å². The summed E-state index contributed by atoms with van der Waals surface area (Å²) in [6.45, 7) is 4.81. The van der Waals surface area contributed by atoms with Crippen LogP contribution in [0.1, 0.15) is 33.1 Å². The third-order valence-electron chi connectivity index (χ3n) is 5.86. The fourth-order valence-electron chi connectivity index (χ4n) is 4.57. The maximum Gasteiger partial charge on any atom is 0.0877 e. The summed E-state index contributed by atoms with van der Waals surface area (Å²) >= 11 is 0. The van der Waals surface area contributed by atoms with Crippen LogP contribution in [0.5, 0.6) is 0 Å². The van der Waals surface area contributed by atoms with Crippen LogP contribution in [-0.2, 0) is 4.74 Å². The fourth-order valence-corrected chi connectivity index (χ4v) is 4.57. The molecule has 0 aromatic carbocycles. The van der Waals surface area contributed by atoms with Crippen molar-refractivity contribution in [2.45, 2.75) is 51.4 Å². The number of rotatable bonds is 1. The molecule has 2 aliphatic carbocycles. The maximum atomic E-state index is 10.4. The van der Waals surface area contributed by atoms with Crippen molar-refractivity contribution in [3.05, 3.63) is 11.1 Å². The lowest BCUT2D eigenvalue weighted by atomic mass is 9.52. The predicted octanol–water partition coefficient (Wildman–Crippen LogP) is 0.852. The van der Waals surface area contributed by atoms with Gasteiger partial charge in [-0.3, -0.25) is 0 Å². The van der Waals surface area contributed by atoms with Crippen molar-refractivity contribution >= 4 is 0 Å². The molecule has 0 aromatic rings. The number of hydrogen-bond donors (Lipinski definition) is 3. The van der Waals surface area contributed by atoms with Crippen LogP contribution in [0.3, 0.4) is 0 Å². The minimum atomic E-state index is -0.523. The molecular formula is C15H24O4. The SMILES string of the molecule is CC1CC(O)CC2CC(O)C3=C(CO)COC3C12C. The molecule has 0 amide bonds. The Balaban J connectivity index is 2.00. The highest BCUT2D eigenvalue weighted by atomic mass is 16.5. The van der Waals surface area contributed by atoms with Gasteiger partial charge < -0.3 is 20.1 Å². The lowest BCUT2D eigenvalue weighted by molar-refractivity contribution is -0.131. The molecule has 0 spiro atoms. The molecule has 1 heterocycles. The summed E-state index contributed by atoms with van der Waals surface area (Å²) in [5.74, 6) is 0.639. The van der Waals surface area contributed by atoms with E-state index in [0.717, 1.165) is 24.0 Å². The van der Waals surface area contributed by atoms with E-state index < -0.39 is 6.10 Å². The summed E-state index contributed by atoms with van der Waals surface area (Å²) in [4.78, 5) is 0. The quantitative estimate of drug-likeness (QED) is 0.617. The molecule has 2 saturated carbocycles. The Morgan fingerprint density at radius 2 is 2.00 bits per heavy atom. The summed E-state index contributed by atoms with van der Waals surface area (Å²) in [7, 11) is 0. The first-order valence-corrected chi connectivity index (χ1v) is 7.28. The van der Waals surface area contributed by atoms with Crippen LogP contribution >= 0.6 is 0 Å². The Morgan fingerprint density at radius 3 is 2.68 bits per heavy atom. The zero-order valence-electron chi connectivity index (χ0n) is 11.7. The highest BCUT2D eigenvalue weighted by molar-refractivity contribution is 5.33. The van der Waals surface area contributed by atoms with E-state index in [4.69, 9.17) is 4.74 Å². The topological polar surface area (TPSA) is 69.9 Å². The third-order valence-corrected chi connectivity index (χ3v) is 5.86. The molecule has 19 heavy (non-hydrogen) atoms. The van der Waals surface area contributed by atoms with Crippen molar-refractivity contribution in [3.63, 3.8) is 0 Å². The van der Waals surface area contributed by atoms with Gasteiger partial charge in [0.05, 0.1) is 31.5 Å². The smallest absolute Gasteiger partial charge is 0.0877 e. The van der Waals surface area contributed by atoms with E-state index in [0.29, 0.717) is 18.9 Å². The molecule has 2 fully saturated rings. The minimum absolute atomic E-state index is 0.0271. The van der Waals surface area contributed by atoms with Gasteiger partial charge in [0.1, 0.15) is 0 Å². The first-order chi connectivity index (χ1) is 8.98. The van der Waals surface area contributed by atoms with Crippen molar-refractivity contribution in [1.82, 2.24) is 0 Å². The second kappa shape index (κ2) is 4.55. The number of aliphatic hydroxyl groups excluding tert-OH is 3. The average Bonchev–Trinajstić information content (AvgIpc) is 2.78. The van der Waals surface area contributed by atoms with Gasteiger partial charge in [0.2, 0.25) is 0 Å². The van der Waals surface area contributed by atoms with E-state index in [-0.39, 0.29) is 30.1 Å². The Labute approximate surface area is 114 Å². The van der Waals surface area contributed by atoms with Crippen molar-refractivity contribution in [3.8, 4) is 0 Å². The lowest BCUT2D eigenvalue weighted by Gasteiger charge is -2.55. The molecule has 4 nitrogen and oxygen atoms in total. The predicted molar refractivity (Wildman–Crippen MR) is 70.5 cm³/mol. The van der Waals surface area contributed by atoms with Crippen molar-refractivity contribution in [2.75, 3.05) is 13.2 Å². The molecule has 0 radical (unpaired) electrons. The summed E-state index contributed by atoms with van der Waals surface area (Å²) in [6, 6.07) is 0. The van der Waals surface area contributed by atoms with Crippen LogP contribution in [-0.4, -0.2) is 46.8 Å². The number of ether oxygens (including phenoxy) is 1. The van der Waals surface area contributed by atoms with Crippen LogP contribution in [0.25, 0.3) is 0 Å². The normalized spacial score (nSPS) is 50.1. The average molecular weight is 268 g/mol. The zero-order chi connectivity index (χ0) is 13.8. The lowest BCUT2D eigenvalue weighted by Crippen LogP contribution is -2.55. The Morgan fingerprint density at radius 1 is 1.26 bits per heavy atom. The van der Waals surface area contributed by atoms with Crippen molar-refractivity contribution < 1.29 is 20.1 Å². The van der Waals surface area contributed by atoms with Gasteiger partial charge in [-0.05, 0) is 42.2 Å². The molecule has 0 bridgehead atoms. The van der Waals surface area contributed by atoms with E-state index in [1.807, 2.05) is 0 Å². The first kappa shape index (κ1) is 13.6. The zero-order valence-corrected chi connectivity index (χ0v) is 11.7. The maximum absolute atomic E-state index is 10.4. The molecule has 1 aliphatic heterocycles. The molecular weight excluding hydrogens is 244 g/mol. The van der Waals surface area contributed by atoms with Gasteiger partial charge in [-0.2, -0.15) is 0 Å². The number of aliphatic hydroxyl groups is 3. The van der Waals surface area contributed by atoms with E-state index in [2.05, 4.69) is 13.8 Å². The van der Waals surface area contributed by atoms with Gasteiger partial charge in [-0.1, -0.05) is 13.8 Å². The Hall–Kier alpha value is -0.420. The standard InChI is InChI=1S/C15H24O4/c1-8-3-11(17)4-10-5-12(18)13-9(6-16)7-19-14(13)15(8,10)2/h8,10-12,14,16-18H,3-7H2,1-2H3. The van der Waals surface area contributed by atoms with E-state index in [1.54, 1.807) is 0 Å². The van der Waals surface area contributed by atoms with E-state index in [9.17, 15) is 15.3 Å². The molecule has 6 unspecified atom stereocenters. The van der Waals surface area contributed by atoms with Crippen molar-refractivity contribution in [1.29, 1.82) is 0 Å². The minimum Gasteiger partial charge on any atom is -0.393 e. The van der Waals surface area contributed by atoms with Crippen LogP contribution in [0.2, 0.25) is 0 Å². The Kier molecular flexibility index (Phi) is 3.25. The summed E-state index contributed by atoms with van der Waals surface area (Å²) in [6.07, 6.45) is 1.35. The number of hydrogen-bond acceptors (Lipinski definition) is 4. The monoisotopic (exact) mass is 268 g/mol. The van der Waals surface area contributed by atoms with Crippen LogP contribution in [0, 0.1) is 17.3 Å². The molecule has 3 aliphatic rings. The van der Waals surface area contributed by atoms with E-state index >= 15 is 0 Å². The molecule has 4 heteroatoms. The van der Waals surface area contributed by atoms with Gasteiger partial charge in [-0.25, -0.2) is 0 Å². The molecule has 6 atom stereocenters. The second-order valence-electron chi connectivity index (χ2n) is 6.75. The van der Waals surface area contributed by atoms with Gasteiger partial charge >= 0.3 is 0 Å². The second-order valence-corrected chi connectivity index (χ2v) is 6.75. The van der Waals surface area contributed by atoms with Gasteiger partial charge in [0.15, 0.2) is 0 Å². The first-order valence-electron chi connectivity index (χ1n) is 7.28. The van der Waals surface area contributed by atoms with Gasteiger partial charge in [0.25, 0.3) is 0 Å². The van der Waals surface area contributed by atoms with Crippen LogP contribution < -0.4 is 0 Å².